The fourth-order valence-electron chi connectivity index (χ4n) is 0.583. The second-order valence-electron chi connectivity index (χ2n) is 1.78. The number of halogens is 1. The van der Waals surface area contributed by atoms with Crippen molar-refractivity contribution in [1.29, 1.82) is 5.26 Å². The van der Waals surface area contributed by atoms with E-state index in [-0.39, 0.29) is 11.4 Å². The van der Waals surface area contributed by atoms with E-state index in [0.29, 0.717) is 0 Å². The lowest BCUT2D eigenvalue weighted by Gasteiger charge is -1.96. The summed E-state index contributed by atoms with van der Waals surface area (Å²) in [7, 11) is 0. The highest BCUT2D eigenvalue weighted by Crippen LogP contribution is 2.18. The summed E-state index contributed by atoms with van der Waals surface area (Å²) in [6, 6.07) is 0.925. The molecule has 0 aliphatic rings. The molecule has 0 spiro atoms. The molecule has 0 aromatic carbocycles. The zero-order chi connectivity index (χ0) is 7.56. The zero-order valence-corrected chi connectivity index (χ0v) is 5.86. The Morgan fingerprint density at radius 3 is 2.80 bits per heavy atom. The molecule has 1 atom stereocenters. The maximum atomic E-state index is 12.6. The van der Waals surface area contributed by atoms with Crippen molar-refractivity contribution in [1.82, 2.24) is 0 Å². The van der Waals surface area contributed by atoms with E-state index in [2.05, 4.69) is 0 Å². The lowest BCUT2D eigenvalue weighted by molar-refractivity contribution is 0.610. The normalized spacial score (nSPS) is 12.5. The van der Waals surface area contributed by atoms with Gasteiger partial charge in [0.05, 0.1) is 6.07 Å². The first-order valence-electron chi connectivity index (χ1n) is 2.62. The van der Waals surface area contributed by atoms with Crippen molar-refractivity contribution >= 4 is 11.3 Å². The molecule has 1 unspecified atom stereocenters. The highest BCUT2D eigenvalue weighted by Gasteiger charge is 2.09. The van der Waals surface area contributed by atoms with Gasteiger partial charge in [-0.15, -0.1) is 11.3 Å². The van der Waals surface area contributed by atoms with Crippen LogP contribution in [0.4, 0.5) is 4.39 Å². The van der Waals surface area contributed by atoms with Gasteiger partial charge in [0, 0.05) is 10.9 Å². The molecular weight excluding hydrogens is 151 g/mol. The number of nitriles is 1. The number of nitrogens with zero attached hydrogens (tertiary/aromatic N) is 1. The van der Waals surface area contributed by atoms with E-state index >= 15 is 0 Å². The first-order chi connectivity index (χ1) is 4.75. The molecule has 0 aliphatic heterocycles. The molecule has 1 rings (SSSR count). The molecule has 1 aromatic heterocycles. The van der Waals surface area contributed by atoms with Crippen LogP contribution in [-0.2, 0) is 0 Å². The third kappa shape index (κ3) is 1.15. The number of hydrogen-bond acceptors (Lipinski definition) is 3. The van der Waals surface area contributed by atoms with E-state index < -0.39 is 6.04 Å². The van der Waals surface area contributed by atoms with Crippen LogP contribution in [0.3, 0.4) is 0 Å². The Kier molecular flexibility index (Phi) is 2.00. The van der Waals surface area contributed by atoms with E-state index in [4.69, 9.17) is 11.0 Å². The lowest BCUT2D eigenvalue weighted by atomic mass is 10.2. The van der Waals surface area contributed by atoms with E-state index in [9.17, 15) is 4.39 Å². The van der Waals surface area contributed by atoms with Gasteiger partial charge in [-0.05, 0) is 5.38 Å². The van der Waals surface area contributed by atoms with Crippen molar-refractivity contribution in [2.75, 3.05) is 0 Å². The van der Waals surface area contributed by atoms with Gasteiger partial charge in [-0.1, -0.05) is 0 Å². The summed E-state index contributed by atoms with van der Waals surface area (Å²) < 4.78 is 12.6. The average Bonchev–Trinajstić information content (AvgIpc) is 2.34. The standard InChI is InChI=1S/C6H5FN2S/c7-5-3-10-2-4(5)6(9)1-8/h2-3,6H,9H2. The Bertz CT molecular complexity index is 263. The summed E-state index contributed by atoms with van der Waals surface area (Å²) in [5.41, 5.74) is 5.53. The summed E-state index contributed by atoms with van der Waals surface area (Å²) >= 11 is 1.20. The third-order valence-electron chi connectivity index (χ3n) is 1.12. The predicted octanol–water partition coefficient (Wildman–Crippen LogP) is 1.41. The summed E-state index contributed by atoms with van der Waals surface area (Å²) in [6.45, 7) is 0. The van der Waals surface area contributed by atoms with E-state index in [1.807, 2.05) is 0 Å². The van der Waals surface area contributed by atoms with Crippen molar-refractivity contribution in [3.63, 3.8) is 0 Å². The quantitative estimate of drug-likeness (QED) is 0.668. The predicted molar refractivity (Wildman–Crippen MR) is 36.8 cm³/mol. The van der Waals surface area contributed by atoms with Crippen LogP contribution in [0.2, 0.25) is 0 Å². The SMILES string of the molecule is N#CC(N)c1cscc1F. The van der Waals surface area contributed by atoms with Crippen molar-refractivity contribution < 1.29 is 4.39 Å². The summed E-state index contributed by atoms with van der Waals surface area (Å²) in [5.74, 6) is -0.390. The highest BCUT2D eigenvalue weighted by atomic mass is 32.1. The summed E-state index contributed by atoms with van der Waals surface area (Å²) in [6.07, 6.45) is 0. The van der Waals surface area contributed by atoms with Crippen LogP contribution in [0.25, 0.3) is 0 Å². The molecule has 2 N–H and O–H groups in total. The zero-order valence-electron chi connectivity index (χ0n) is 5.04. The molecule has 10 heavy (non-hydrogen) atoms. The Morgan fingerprint density at radius 1 is 1.70 bits per heavy atom. The summed E-state index contributed by atoms with van der Waals surface area (Å²) in [4.78, 5) is 0. The Balaban J connectivity index is 2.96. The largest absolute Gasteiger partial charge is 0.312 e. The van der Waals surface area contributed by atoms with Crippen LogP contribution in [0.5, 0.6) is 0 Å². The van der Waals surface area contributed by atoms with Gasteiger partial charge >= 0.3 is 0 Å². The van der Waals surface area contributed by atoms with Crippen LogP contribution < -0.4 is 5.73 Å². The highest BCUT2D eigenvalue weighted by molar-refractivity contribution is 7.08. The molecule has 2 nitrogen and oxygen atoms in total. The van der Waals surface area contributed by atoms with Crippen LogP contribution in [-0.4, -0.2) is 0 Å². The number of nitrogens with two attached hydrogens (primary N) is 1. The van der Waals surface area contributed by atoms with Gasteiger partial charge in [0.15, 0.2) is 0 Å². The van der Waals surface area contributed by atoms with E-state index in [1.54, 1.807) is 11.4 Å². The second-order valence-corrected chi connectivity index (χ2v) is 2.53. The van der Waals surface area contributed by atoms with Crippen LogP contribution in [0, 0.1) is 17.1 Å². The molecule has 52 valence electrons. The Hall–Kier alpha value is -0.920. The van der Waals surface area contributed by atoms with E-state index in [1.165, 1.54) is 16.7 Å². The van der Waals surface area contributed by atoms with Gasteiger partial charge in [0.2, 0.25) is 0 Å². The molecule has 1 aromatic rings. The molecule has 0 saturated carbocycles. The lowest BCUT2D eigenvalue weighted by Crippen LogP contribution is -2.07. The van der Waals surface area contributed by atoms with Gasteiger partial charge in [-0.3, -0.25) is 0 Å². The second kappa shape index (κ2) is 2.78. The molecule has 0 amide bonds. The number of rotatable bonds is 1. The fraction of sp³-hybridized carbons (Fsp3) is 0.167. The van der Waals surface area contributed by atoms with Crippen molar-refractivity contribution in [2.45, 2.75) is 6.04 Å². The minimum absolute atomic E-state index is 0.285. The maximum Gasteiger partial charge on any atom is 0.139 e. The Labute approximate surface area is 61.7 Å². The van der Waals surface area contributed by atoms with Crippen molar-refractivity contribution in [3.8, 4) is 6.07 Å². The maximum absolute atomic E-state index is 12.6. The van der Waals surface area contributed by atoms with Crippen molar-refractivity contribution in [3.05, 3.63) is 22.1 Å². The van der Waals surface area contributed by atoms with Gasteiger partial charge in [0.25, 0.3) is 0 Å². The smallest absolute Gasteiger partial charge is 0.139 e. The Morgan fingerprint density at radius 2 is 2.40 bits per heavy atom. The molecule has 0 fully saturated rings. The van der Waals surface area contributed by atoms with Gasteiger partial charge < -0.3 is 5.73 Å². The molecule has 0 radical (unpaired) electrons. The molecular formula is C6H5FN2S. The molecule has 0 saturated heterocycles. The van der Waals surface area contributed by atoms with Crippen LogP contribution in [0.1, 0.15) is 11.6 Å². The molecule has 0 bridgehead atoms. The third-order valence-corrected chi connectivity index (χ3v) is 1.85. The first kappa shape index (κ1) is 7.19. The first-order valence-corrected chi connectivity index (χ1v) is 3.56. The minimum atomic E-state index is -0.828. The number of hydrogen-bond donors (Lipinski definition) is 1. The fourth-order valence-corrected chi connectivity index (χ4v) is 1.31. The van der Waals surface area contributed by atoms with Gasteiger partial charge in [-0.2, -0.15) is 5.26 Å². The molecule has 0 aliphatic carbocycles. The average molecular weight is 156 g/mol. The monoisotopic (exact) mass is 156 g/mol. The van der Waals surface area contributed by atoms with Crippen LogP contribution >= 0.6 is 11.3 Å². The van der Waals surface area contributed by atoms with Gasteiger partial charge in [0.1, 0.15) is 11.9 Å². The summed E-state index contributed by atoms with van der Waals surface area (Å²) in [5, 5.41) is 11.2. The topological polar surface area (TPSA) is 49.8 Å². The van der Waals surface area contributed by atoms with Gasteiger partial charge in [-0.25, -0.2) is 4.39 Å². The number of thiophene rings is 1. The van der Waals surface area contributed by atoms with E-state index in [0.717, 1.165) is 0 Å². The molecule has 4 heteroatoms. The van der Waals surface area contributed by atoms with Crippen LogP contribution in [0.15, 0.2) is 10.8 Å². The minimum Gasteiger partial charge on any atom is -0.312 e. The van der Waals surface area contributed by atoms with Crippen molar-refractivity contribution in [2.24, 2.45) is 5.73 Å². The molecule has 1 heterocycles.